The summed E-state index contributed by atoms with van der Waals surface area (Å²) in [5.74, 6) is 0.0566. The molecular formula is C9H19N3O. The van der Waals surface area contributed by atoms with Crippen molar-refractivity contribution >= 4 is 5.91 Å². The minimum atomic E-state index is 0.0566. The van der Waals surface area contributed by atoms with E-state index in [1.807, 2.05) is 4.90 Å². The van der Waals surface area contributed by atoms with E-state index in [0.717, 1.165) is 19.6 Å². The Morgan fingerprint density at radius 2 is 2.08 bits per heavy atom. The first-order valence-corrected chi connectivity index (χ1v) is 4.66. The van der Waals surface area contributed by atoms with Crippen molar-refractivity contribution in [2.75, 3.05) is 33.2 Å². The molecule has 0 radical (unpaired) electrons. The van der Waals surface area contributed by atoms with Crippen molar-refractivity contribution in [2.24, 2.45) is 5.73 Å². The molecule has 0 spiro atoms. The van der Waals surface area contributed by atoms with Gasteiger partial charge in [0, 0.05) is 25.2 Å². The second kappa shape index (κ2) is 3.64. The Bertz CT molecular complexity index is 203. The van der Waals surface area contributed by atoms with E-state index in [9.17, 15) is 4.79 Å². The van der Waals surface area contributed by atoms with Crippen molar-refractivity contribution in [1.82, 2.24) is 9.80 Å². The molecule has 13 heavy (non-hydrogen) atoms. The van der Waals surface area contributed by atoms with Crippen LogP contribution in [0.25, 0.3) is 0 Å². The largest absolute Gasteiger partial charge is 0.338 e. The highest BCUT2D eigenvalue weighted by atomic mass is 16.2. The van der Waals surface area contributed by atoms with Gasteiger partial charge in [-0.3, -0.25) is 9.69 Å². The van der Waals surface area contributed by atoms with Crippen molar-refractivity contribution in [1.29, 1.82) is 0 Å². The summed E-state index contributed by atoms with van der Waals surface area (Å²) in [6.45, 7) is 6.92. The van der Waals surface area contributed by atoms with Gasteiger partial charge in [-0.1, -0.05) is 0 Å². The lowest BCUT2D eigenvalue weighted by Gasteiger charge is -2.45. The van der Waals surface area contributed by atoms with Gasteiger partial charge in [0.1, 0.15) is 0 Å². The van der Waals surface area contributed by atoms with E-state index in [2.05, 4.69) is 25.8 Å². The molecule has 0 atom stereocenters. The van der Waals surface area contributed by atoms with Gasteiger partial charge in [-0.2, -0.15) is 0 Å². The van der Waals surface area contributed by atoms with E-state index in [1.165, 1.54) is 0 Å². The molecule has 1 amide bonds. The first kappa shape index (κ1) is 10.5. The SMILES string of the molecule is CN1CCN(C(=O)CN)CC1(C)C. The lowest BCUT2D eigenvalue weighted by Crippen LogP contribution is -2.59. The molecule has 0 aromatic rings. The van der Waals surface area contributed by atoms with E-state index in [4.69, 9.17) is 5.73 Å². The first-order chi connectivity index (χ1) is 5.97. The molecule has 0 unspecified atom stereocenters. The summed E-state index contributed by atoms with van der Waals surface area (Å²) < 4.78 is 0. The summed E-state index contributed by atoms with van der Waals surface area (Å²) in [7, 11) is 2.09. The molecular weight excluding hydrogens is 166 g/mol. The molecule has 0 aromatic carbocycles. The Labute approximate surface area is 79.7 Å². The molecule has 76 valence electrons. The molecule has 1 saturated heterocycles. The summed E-state index contributed by atoms with van der Waals surface area (Å²) in [6, 6.07) is 0. The number of hydrogen-bond donors (Lipinski definition) is 1. The Hall–Kier alpha value is -0.610. The number of likely N-dealkylation sites (N-methyl/N-ethyl adjacent to an activating group) is 1. The Morgan fingerprint density at radius 3 is 2.54 bits per heavy atom. The Balaban J connectivity index is 2.60. The maximum Gasteiger partial charge on any atom is 0.236 e. The zero-order valence-electron chi connectivity index (χ0n) is 8.71. The molecule has 0 saturated carbocycles. The Morgan fingerprint density at radius 1 is 1.46 bits per heavy atom. The third-order valence-electron chi connectivity index (χ3n) is 2.84. The van der Waals surface area contributed by atoms with Crippen molar-refractivity contribution in [3.63, 3.8) is 0 Å². The number of amides is 1. The van der Waals surface area contributed by atoms with E-state index >= 15 is 0 Å². The predicted octanol–water partition coefficient (Wildman–Crippen LogP) is -0.502. The number of piperazine rings is 1. The minimum Gasteiger partial charge on any atom is -0.338 e. The molecule has 0 aromatic heterocycles. The fourth-order valence-electron chi connectivity index (χ4n) is 1.58. The van der Waals surface area contributed by atoms with Crippen LogP contribution in [0, 0.1) is 0 Å². The summed E-state index contributed by atoms with van der Waals surface area (Å²) in [4.78, 5) is 15.5. The van der Waals surface area contributed by atoms with Gasteiger partial charge in [-0.25, -0.2) is 0 Å². The zero-order valence-corrected chi connectivity index (χ0v) is 8.71. The van der Waals surface area contributed by atoms with Crippen molar-refractivity contribution in [2.45, 2.75) is 19.4 Å². The third-order valence-corrected chi connectivity index (χ3v) is 2.84. The molecule has 0 bridgehead atoms. The van der Waals surface area contributed by atoms with Crippen LogP contribution in [0.3, 0.4) is 0 Å². The van der Waals surface area contributed by atoms with Gasteiger partial charge in [0.15, 0.2) is 0 Å². The van der Waals surface area contributed by atoms with Crippen molar-refractivity contribution < 1.29 is 4.79 Å². The van der Waals surface area contributed by atoms with Gasteiger partial charge in [0.25, 0.3) is 0 Å². The van der Waals surface area contributed by atoms with E-state index in [-0.39, 0.29) is 18.0 Å². The van der Waals surface area contributed by atoms with Crippen molar-refractivity contribution in [3.05, 3.63) is 0 Å². The van der Waals surface area contributed by atoms with Crippen LogP contribution in [0.1, 0.15) is 13.8 Å². The number of carbonyl (C=O) groups is 1. The predicted molar refractivity (Wildman–Crippen MR) is 52.3 cm³/mol. The molecule has 2 N–H and O–H groups in total. The summed E-state index contributed by atoms with van der Waals surface area (Å²) >= 11 is 0. The normalized spacial score (nSPS) is 23.2. The molecule has 1 fully saturated rings. The van der Waals surface area contributed by atoms with Gasteiger partial charge < -0.3 is 10.6 Å². The lowest BCUT2D eigenvalue weighted by atomic mass is 10.00. The van der Waals surface area contributed by atoms with Crippen LogP contribution in [0.4, 0.5) is 0 Å². The minimum absolute atomic E-state index is 0.0566. The zero-order chi connectivity index (χ0) is 10.1. The van der Waals surface area contributed by atoms with Gasteiger partial charge in [0.2, 0.25) is 5.91 Å². The maximum atomic E-state index is 11.3. The van der Waals surface area contributed by atoms with Crippen molar-refractivity contribution in [3.8, 4) is 0 Å². The molecule has 4 heteroatoms. The highest BCUT2D eigenvalue weighted by molar-refractivity contribution is 5.78. The van der Waals surface area contributed by atoms with Crippen LogP contribution in [0.2, 0.25) is 0 Å². The van der Waals surface area contributed by atoms with E-state index in [0.29, 0.717) is 0 Å². The summed E-state index contributed by atoms with van der Waals surface area (Å²) in [6.07, 6.45) is 0. The van der Waals surface area contributed by atoms with E-state index < -0.39 is 0 Å². The number of nitrogens with zero attached hydrogens (tertiary/aromatic N) is 2. The van der Waals surface area contributed by atoms with Crippen LogP contribution >= 0.6 is 0 Å². The quantitative estimate of drug-likeness (QED) is 0.599. The van der Waals surface area contributed by atoms with Crippen LogP contribution in [-0.2, 0) is 4.79 Å². The van der Waals surface area contributed by atoms with Crippen LogP contribution in [-0.4, -0.2) is 54.5 Å². The van der Waals surface area contributed by atoms with Gasteiger partial charge in [0.05, 0.1) is 6.54 Å². The second-order valence-corrected chi connectivity index (χ2v) is 4.25. The second-order valence-electron chi connectivity index (χ2n) is 4.25. The highest BCUT2D eigenvalue weighted by Crippen LogP contribution is 2.18. The molecule has 4 nitrogen and oxygen atoms in total. The number of carbonyl (C=O) groups excluding carboxylic acids is 1. The molecule has 1 rings (SSSR count). The van der Waals surface area contributed by atoms with Gasteiger partial charge >= 0.3 is 0 Å². The average Bonchev–Trinajstić information content (AvgIpc) is 2.08. The molecule has 0 aliphatic carbocycles. The van der Waals surface area contributed by atoms with Gasteiger partial charge in [-0.05, 0) is 20.9 Å². The molecule has 1 heterocycles. The van der Waals surface area contributed by atoms with Crippen LogP contribution in [0.5, 0.6) is 0 Å². The smallest absolute Gasteiger partial charge is 0.236 e. The maximum absolute atomic E-state index is 11.3. The summed E-state index contributed by atoms with van der Waals surface area (Å²) in [5, 5.41) is 0. The number of nitrogens with two attached hydrogens (primary N) is 1. The Kier molecular flexibility index (Phi) is 2.93. The number of rotatable bonds is 1. The average molecular weight is 185 g/mol. The molecule has 1 aliphatic rings. The first-order valence-electron chi connectivity index (χ1n) is 4.66. The highest BCUT2D eigenvalue weighted by Gasteiger charge is 2.32. The van der Waals surface area contributed by atoms with E-state index in [1.54, 1.807) is 0 Å². The van der Waals surface area contributed by atoms with Crippen LogP contribution in [0.15, 0.2) is 0 Å². The number of hydrogen-bond acceptors (Lipinski definition) is 3. The fraction of sp³-hybridized carbons (Fsp3) is 0.889. The topological polar surface area (TPSA) is 49.6 Å². The van der Waals surface area contributed by atoms with Gasteiger partial charge in [-0.15, -0.1) is 0 Å². The molecule has 1 aliphatic heterocycles. The standard InChI is InChI=1S/C9H19N3O/c1-9(2)7-12(8(13)6-10)5-4-11(9)3/h4-7,10H2,1-3H3. The fourth-order valence-corrected chi connectivity index (χ4v) is 1.58. The van der Waals surface area contributed by atoms with Crippen LogP contribution < -0.4 is 5.73 Å². The summed E-state index contributed by atoms with van der Waals surface area (Å²) in [5.41, 5.74) is 5.39. The lowest BCUT2D eigenvalue weighted by molar-refractivity contribution is -0.134. The third kappa shape index (κ3) is 2.19. The monoisotopic (exact) mass is 185 g/mol.